The lowest BCUT2D eigenvalue weighted by Crippen LogP contribution is -2.25. The first-order chi connectivity index (χ1) is 14.3. The van der Waals surface area contributed by atoms with Crippen LogP contribution in [-0.4, -0.2) is 0 Å². The second-order valence-electron chi connectivity index (χ2n) is 7.81. The van der Waals surface area contributed by atoms with Gasteiger partial charge in [-0.05, 0) is 39.9 Å². The molecule has 4 aromatic carbocycles. The van der Waals surface area contributed by atoms with Crippen LogP contribution in [0.1, 0.15) is 22.5 Å². The van der Waals surface area contributed by atoms with Crippen LogP contribution < -0.4 is 0 Å². The maximum Gasteiger partial charge on any atom is 0.135 e. The minimum Gasteiger partial charge on any atom is -0.459 e. The van der Waals surface area contributed by atoms with Crippen molar-refractivity contribution in [1.29, 1.82) is 0 Å². The van der Waals surface area contributed by atoms with Crippen molar-refractivity contribution in [2.24, 2.45) is 0 Å². The molecule has 0 fully saturated rings. The van der Waals surface area contributed by atoms with E-state index in [1.807, 2.05) is 6.07 Å². The van der Waals surface area contributed by atoms with Crippen molar-refractivity contribution in [2.75, 3.05) is 0 Å². The molecule has 1 aromatic heterocycles. The molecule has 0 amide bonds. The van der Waals surface area contributed by atoms with E-state index in [1.54, 1.807) is 0 Å². The zero-order chi connectivity index (χ0) is 19.2. The predicted octanol–water partition coefficient (Wildman–Crippen LogP) is 7.54. The van der Waals surface area contributed by atoms with Crippen molar-refractivity contribution in [2.45, 2.75) is 5.41 Å². The van der Waals surface area contributed by atoms with Gasteiger partial charge in [0.15, 0.2) is 0 Å². The molecule has 0 bridgehead atoms. The van der Waals surface area contributed by atoms with Gasteiger partial charge < -0.3 is 4.42 Å². The molecule has 2 aliphatic rings. The number of para-hydroxylation sites is 1. The zero-order valence-corrected chi connectivity index (χ0v) is 17.0. The number of hydrogen-bond acceptors (Lipinski definition) is 1. The first kappa shape index (κ1) is 15.8. The van der Waals surface area contributed by atoms with Crippen molar-refractivity contribution in [1.82, 2.24) is 0 Å². The molecule has 1 spiro atoms. The fraction of sp³-hybridized carbons (Fsp3) is 0.0370. The topological polar surface area (TPSA) is 13.1 Å². The van der Waals surface area contributed by atoms with Gasteiger partial charge in [0.2, 0.25) is 0 Å². The van der Waals surface area contributed by atoms with Crippen LogP contribution in [0.25, 0.3) is 33.2 Å². The molecule has 0 radical (unpaired) electrons. The Morgan fingerprint density at radius 3 is 2.00 bits per heavy atom. The highest BCUT2D eigenvalue weighted by Gasteiger charge is 2.55. The Morgan fingerprint density at radius 2 is 1.21 bits per heavy atom. The van der Waals surface area contributed by atoms with Crippen LogP contribution in [0.2, 0.25) is 0 Å². The smallest absolute Gasteiger partial charge is 0.135 e. The highest BCUT2D eigenvalue weighted by atomic mass is 79.9. The number of furan rings is 1. The molecule has 0 saturated carbocycles. The summed E-state index contributed by atoms with van der Waals surface area (Å²) in [5, 5.41) is 1.19. The molecule has 136 valence electrons. The lowest BCUT2D eigenvalue weighted by Gasteiger charge is -2.28. The fourth-order valence-electron chi connectivity index (χ4n) is 5.55. The Morgan fingerprint density at radius 1 is 0.586 bits per heavy atom. The minimum absolute atomic E-state index is 0.416. The molecule has 2 aliphatic carbocycles. The second kappa shape index (κ2) is 5.28. The molecule has 0 N–H and O–H groups in total. The fourth-order valence-corrected chi connectivity index (χ4v) is 6.13. The van der Waals surface area contributed by atoms with Gasteiger partial charge in [-0.2, -0.15) is 0 Å². The normalized spacial score (nSPS) is 18.0. The highest BCUT2D eigenvalue weighted by molar-refractivity contribution is 9.10. The monoisotopic (exact) mass is 434 g/mol. The van der Waals surface area contributed by atoms with Gasteiger partial charge in [0.25, 0.3) is 0 Å². The lowest BCUT2D eigenvalue weighted by atomic mass is 9.73. The zero-order valence-electron chi connectivity index (χ0n) is 15.4. The summed E-state index contributed by atoms with van der Waals surface area (Å²) in [7, 11) is 0. The van der Waals surface area contributed by atoms with Crippen LogP contribution in [0.3, 0.4) is 0 Å². The predicted molar refractivity (Wildman–Crippen MR) is 120 cm³/mol. The largest absolute Gasteiger partial charge is 0.459 e. The van der Waals surface area contributed by atoms with Gasteiger partial charge in [0, 0.05) is 21.0 Å². The van der Waals surface area contributed by atoms with Gasteiger partial charge in [0.1, 0.15) is 16.8 Å². The summed E-state index contributed by atoms with van der Waals surface area (Å²) in [4.78, 5) is 0. The van der Waals surface area contributed by atoms with E-state index in [1.165, 1.54) is 44.3 Å². The molecule has 1 atom stereocenters. The van der Waals surface area contributed by atoms with Gasteiger partial charge in [-0.1, -0.05) is 94.8 Å². The first-order valence-electron chi connectivity index (χ1n) is 9.82. The number of hydrogen-bond donors (Lipinski definition) is 0. The second-order valence-corrected chi connectivity index (χ2v) is 8.66. The van der Waals surface area contributed by atoms with Crippen molar-refractivity contribution in [3.05, 3.63) is 118 Å². The number of halogens is 1. The van der Waals surface area contributed by atoms with Crippen LogP contribution in [-0.2, 0) is 5.41 Å². The Labute approximate surface area is 176 Å². The molecule has 7 rings (SSSR count). The van der Waals surface area contributed by atoms with Crippen LogP contribution >= 0.6 is 15.9 Å². The van der Waals surface area contributed by atoms with E-state index in [9.17, 15) is 0 Å². The molecule has 2 heteroatoms. The SMILES string of the molecule is Brc1cccc2c1-c1ccccc1C21c2ccccc2-c2c1oc1ccccc21. The van der Waals surface area contributed by atoms with Gasteiger partial charge >= 0.3 is 0 Å². The van der Waals surface area contributed by atoms with E-state index >= 15 is 0 Å². The van der Waals surface area contributed by atoms with Crippen LogP contribution in [0.4, 0.5) is 0 Å². The summed E-state index contributed by atoms with van der Waals surface area (Å²) < 4.78 is 7.80. The minimum atomic E-state index is -0.416. The van der Waals surface area contributed by atoms with Crippen LogP contribution in [0, 0.1) is 0 Å². The third kappa shape index (κ3) is 1.69. The van der Waals surface area contributed by atoms with E-state index in [2.05, 4.69) is 101 Å². The average molecular weight is 435 g/mol. The maximum atomic E-state index is 6.67. The Hall–Kier alpha value is -3.10. The molecule has 1 heterocycles. The first-order valence-corrected chi connectivity index (χ1v) is 10.6. The maximum absolute atomic E-state index is 6.67. The Bertz CT molecular complexity index is 1480. The van der Waals surface area contributed by atoms with E-state index in [-0.39, 0.29) is 0 Å². The summed E-state index contributed by atoms with van der Waals surface area (Å²) in [6.45, 7) is 0. The average Bonchev–Trinajstić information content (AvgIpc) is 3.37. The van der Waals surface area contributed by atoms with Crippen LogP contribution in [0.15, 0.2) is 99.9 Å². The summed E-state index contributed by atoms with van der Waals surface area (Å²) >= 11 is 3.83. The standard InChI is InChI=1S/C27H15BrO/c28-22-14-7-13-21-25(22)17-9-2-5-12-20(17)27(21)19-11-4-1-8-16(19)24-18-10-3-6-15-23(18)29-26(24)27/h1-15H. The molecular formula is C27H15BrO. The molecule has 1 nitrogen and oxygen atoms in total. The third-order valence-corrected chi connectivity index (χ3v) is 7.22. The van der Waals surface area contributed by atoms with Gasteiger partial charge in [-0.25, -0.2) is 0 Å². The Kier molecular flexibility index (Phi) is 2.87. The van der Waals surface area contributed by atoms with Crippen molar-refractivity contribution in [3.8, 4) is 22.3 Å². The van der Waals surface area contributed by atoms with E-state index in [0.717, 1.165) is 15.8 Å². The van der Waals surface area contributed by atoms with E-state index in [4.69, 9.17) is 4.42 Å². The number of fused-ring (bicyclic) bond motifs is 12. The van der Waals surface area contributed by atoms with E-state index in [0.29, 0.717) is 0 Å². The molecule has 5 aromatic rings. The molecule has 1 unspecified atom stereocenters. The molecular weight excluding hydrogens is 420 g/mol. The van der Waals surface area contributed by atoms with Gasteiger partial charge in [0.05, 0.1) is 0 Å². The van der Waals surface area contributed by atoms with Gasteiger partial charge in [-0.15, -0.1) is 0 Å². The molecule has 0 saturated heterocycles. The van der Waals surface area contributed by atoms with Crippen molar-refractivity contribution < 1.29 is 4.42 Å². The van der Waals surface area contributed by atoms with Crippen molar-refractivity contribution in [3.63, 3.8) is 0 Å². The highest BCUT2D eigenvalue weighted by Crippen LogP contribution is 2.65. The Balaban J connectivity index is 1.77. The third-order valence-electron chi connectivity index (χ3n) is 6.55. The summed E-state index contributed by atoms with van der Waals surface area (Å²) in [6.07, 6.45) is 0. The lowest BCUT2D eigenvalue weighted by molar-refractivity contribution is 0.506. The summed E-state index contributed by atoms with van der Waals surface area (Å²) in [5.74, 6) is 1.05. The molecule has 29 heavy (non-hydrogen) atoms. The van der Waals surface area contributed by atoms with E-state index < -0.39 is 5.41 Å². The summed E-state index contributed by atoms with van der Waals surface area (Å²) in [5.41, 5.74) is 9.49. The van der Waals surface area contributed by atoms with Crippen LogP contribution in [0.5, 0.6) is 0 Å². The number of rotatable bonds is 0. The van der Waals surface area contributed by atoms with Gasteiger partial charge in [-0.3, -0.25) is 0 Å². The molecule has 0 aliphatic heterocycles. The summed E-state index contributed by atoms with van der Waals surface area (Å²) in [6, 6.07) is 32.5. The quantitative estimate of drug-likeness (QED) is 0.240. The number of benzene rings is 4. The van der Waals surface area contributed by atoms with Crippen molar-refractivity contribution >= 4 is 26.9 Å².